The van der Waals surface area contributed by atoms with Crippen LogP contribution in [-0.4, -0.2) is 9.97 Å². The van der Waals surface area contributed by atoms with Gasteiger partial charge in [-0.2, -0.15) is 0 Å². The van der Waals surface area contributed by atoms with Crippen molar-refractivity contribution in [1.82, 2.24) is 9.97 Å². The van der Waals surface area contributed by atoms with Crippen molar-refractivity contribution in [2.75, 3.05) is 5.32 Å². The van der Waals surface area contributed by atoms with Gasteiger partial charge in [0.2, 0.25) is 0 Å². The second-order valence-corrected chi connectivity index (χ2v) is 3.19. The van der Waals surface area contributed by atoms with Gasteiger partial charge in [0.05, 0.1) is 18.6 Å². The van der Waals surface area contributed by atoms with Crippen LogP contribution < -0.4 is 5.32 Å². The van der Waals surface area contributed by atoms with Crippen LogP contribution in [0.15, 0.2) is 36.7 Å². The quantitative estimate of drug-likeness (QED) is 0.774. The fraction of sp³-hybridized carbons (Fsp3) is 0.182. The molecule has 3 heteroatoms. The fourth-order valence-electron chi connectivity index (χ4n) is 1.31. The third-order valence-corrected chi connectivity index (χ3v) is 2.17. The highest BCUT2D eigenvalue weighted by Crippen LogP contribution is 2.08. The molecular weight excluding hydrogens is 174 g/mol. The Kier molecular flexibility index (Phi) is 2.49. The maximum absolute atomic E-state index is 4.21. The standard InChI is InChI=1S/C11H13N3/c1-9-11(14-8-13-9)7-12-10-5-3-2-4-6-10/h2-6,8,12H,7H2,1H3,(H,13,14). The summed E-state index contributed by atoms with van der Waals surface area (Å²) in [6.45, 7) is 2.79. The van der Waals surface area contributed by atoms with Crippen LogP contribution in [0.4, 0.5) is 5.69 Å². The molecule has 0 saturated carbocycles. The van der Waals surface area contributed by atoms with Crippen LogP contribution in [0.25, 0.3) is 0 Å². The van der Waals surface area contributed by atoms with E-state index >= 15 is 0 Å². The predicted octanol–water partition coefficient (Wildman–Crippen LogP) is 2.33. The van der Waals surface area contributed by atoms with Gasteiger partial charge in [-0.05, 0) is 19.1 Å². The van der Waals surface area contributed by atoms with Crippen molar-refractivity contribution < 1.29 is 0 Å². The van der Waals surface area contributed by atoms with E-state index in [-0.39, 0.29) is 0 Å². The summed E-state index contributed by atoms with van der Waals surface area (Å²) in [6, 6.07) is 10.1. The first-order chi connectivity index (χ1) is 6.86. The number of para-hydroxylation sites is 1. The topological polar surface area (TPSA) is 40.7 Å². The number of aromatic nitrogens is 2. The molecular formula is C11H13N3. The molecule has 2 rings (SSSR count). The molecule has 0 aliphatic carbocycles. The normalized spacial score (nSPS) is 10.1. The monoisotopic (exact) mass is 187 g/mol. The SMILES string of the molecule is Cc1[nH]cnc1CNc1ccccc1. The van der Waals surface area contributed by atoms with Gasteiger partial charge < -0.3 is 10.3 Å². The van der Waals surface area contributed by atoms with E-state index in [9.17, 15) is 0 Å². The second kappa shape index (κ2) is 3.96. The van der Waals surface area contributed by atoms with Gasteiger partial charge in [0.1, 0.15) is 0 Å². The van der Waals surface area contributed by atoms with E-state index in [1.54, 1.807) is 6.33 Å². The second-order valence-electron chi connectivity index (χ2n) is 3.19. The molecule has 0 spiro atoms. The van der Waals surface area contributed by atoms with E-state index in [0.29, 0.717) is 0 Å². The summed E-state index contributed by atoms with van der Waals surface area (Å²) in [5.41, 5.74) is 3.30. The van der Waals surface area contributed by atoms with Crippen LogP contribution in [0.5, 0.6) is 0 Å². The molecule has 0 amide bonds. The molecule has 1 heterocycles. The molecule has 1 aromatic heterocycles. The Bertz CT molecular complexity index is 392. The van der Waals surface area contributed by atoms with E-state index < -0.39 is 0 Å². The molecule has 0 fully saturated rings. The Hall–Kier alpha value is -1.77. The van der Waals surface area contributed by atoms with Crippen molar-refractivity contribution in [3.63, 3.8) is 0 Å². The molecule has 0 aliphatic rings. The van der Waals surface area contributed by atoms with Gasteiger partial charge >= 0.3 is 0 Å². The number of nitrogens with zero attached hydrogens (tertiary/aromatic N) is 1. The Balaban J connectivity index is 1.99. The molecule has 0 unspecified atom stereocenters. The van der Waals surface area contributed by atoms with Gasteiger partial charge in [0, 0.05) is 11.4 Å². The van der Waals surface area contributed by atoms with Crippen LogP contribution in [0.3, 0.4) is 0 Å². The number of hydrogen-bond donors (Lipinski definition) is 2. The fourth-order valence-corrected chi connectivity index (χ4v) is 1.31. The van der Waals surface area contributed by atoms with Gasteiger partial charge in [-0.3, -0.25) is 0 Å². The van der Waals surface area contributed by atoms with Crippen LogP contribution in [0.2, 0.25) is 0 Å². The summed E-state index contributed by atoms with van der Waals surface area (Å²) >= 11 is 0. The summed E-state index contributed by atoms with van der Waals surface area (Å²) in [7, 11) is 0. The van der Waals surface area contributed by atoms with E-state index in [0.717, 1.165) is 23.6 Å². The number of aryl methyl sites for hydroxylation is 1. The Morgan fingerprint density at radius 2 is 2.07 bits per heavy atom. The summed E-state index contributed by atoms with van der Waals surface area (Å²) in [6.07, 6.45) is 1.72. The summed E-state index contributed by atoms with van der Waals surface area (Å²) in [4.78, 5) is 7.27. The van der Waals surface area contributed by atoms with E-state index in [1.807, 2.05) is 37.3 Å². The maximum Gasteiger partial charge on any atom is 0.0925 e. The molecule has 2 N–H and O–H groups in total. The molecule has 0 bridgehead atoms. The number of H-pyrrole nitrogens is 1. The number of anilines is 1. The van der Waals surface area contributed by atoms with Crippen LogP contribution in [0.1, 0.15) is 11.4 Å². The van der Waals surface area contributed by atoms with Crippen molar-refractivity contribution >= 4 is 5.69 Å². The van der Waals surface area contributed by atoms with Crippen LogP contribution in [0, 0.1) is 6.92 Å². The lowest BCUT2D eigenvalue weighted by atomic mass is 10.3. The van der Waals surface area contributed by atoms with Gasteiger partial charge in [0.25, 0.3) is 0 Å². The number of hydrogen-bond acceptors (Lipinski definition) is 2. The third-order valence-electron chi connectivity index (χ3n) is 2.17. The zero-order chi connectivity index (χ0) is 9.80. The van der Waals surface area contributed by atoms with Crippen LogP contribution in [-0.2, 0) is 6.54 Å². The molecule has 0 atom stereocenters. The first-order valence-corrected chi connectivity index (χ1v) is 4.64. The lowest BCUT2D eigenvalue weighted by molar-refractivity contribution is 1.05. The van der Waals surface area contributed by atoms with Crippen molar-refractivity contribution in [3.8, 4) is 0 Å². The molecule has 3 nitrogen and oxygen atoms in total. The zero-order valence-corrected chi connectivity index (χ0v) is 8.12. The minimum Gasteiger partial charge on any atom is -0.379 e. The maximum atomic E-state index is 4.21. The Labute approximate surface area is 83.2 Å². The lowest BCUT2D eigenvalue weighted by Crippen LogP contribution is -2.00. The molecule has 72 valence electrons. The first-order valence-electron chi connectivity index (χ1n) is 4.64. The van der Waals surface area contributed by atoms with E-state index in [4.69, 9.17) is 0 Å². The third kappa shape index (κ3) is 1.93. The predicted molar refractivity (Wildman–Crippen MR) is 57.1 cm³/mol. The molecule has 1 aromatic carbocycles. The van der Waals surface area contributed by atoms with Crippen molar-refractivity contribution in [2.24, 2.45) is 0 Å². The molecule has 0 radical (unpaired) electrons. The largest absolute Gasteiger partial charge is 0.379 e. The van der Waals surface area contributed by atoms with Gasteiger partial charge in [0.15, 0.2) is 0 Å². The zero-order valence-electron chi connectivity index (χ0n) is 8.12. The highest BCUT2D eigenvalue weighted by atomic mass is 14.9. The van der Waals surface area contributed by atoms with Gasteiger partial charge in [-0.1, -0.05) is 18.2 Å². The summed E-state index contributed by atoms with van der Waals surface area (Å²) in [5, 5.41) is 3.31. The summed E-state index contributed by atoms with van der Waals surface area (Å²) < 4.78 is 0. The molecule has 0 aliphatic heterocycles. The number of benzene rings is 1. The highest BCUT2D eigenvalue weighted by Gasteiger charge is 1.99. The smallest absolute Gasteiger partial charge is 0.0925 e. The first kappa shape index (κ1) is 8.81. The minimum absolute atomic E-state index is 0.763. The number of imidazole rings is 1. The average Bonchev–Trinajstić information content (AvgIpc) is 2.63. The number of rotatable bonds is 3. The Morgan fingerprint density at radius 3 is 2.71 bits per heavy atom. The molecule has 2 aromatic rings. The van der Waals surface area contributed by atoms with E-state index in [2.05, 4.69) is 15.3 Å². The van der Waals surface area contributed by atoms with Gasteiger partial charge in [-0.15, -0.1) is 0 Å². The molecule has 14 heavy (non-hydrogen) atoms. The average molecular weight is 187 g/mol. The van der Waals surface area contributed by atoms with Crippen LogP contribution >= 0.6 is 0 Å². The van der Waals surface area contributed by atoms with Gasteiger partial charge in [-0.25, -0.2) is 4.98 Å². The molecule has 0 saturated heterocycles. The Morgan fingerprint density at radius 1 is 1.29 bits per heavy atom. The number of nitrogens with one attached hydrogen (secondary N) is 2. The van der Waals surface area contributed by atoms with Crippen molar-refractivity contribution in [1.29, 1.82) is 0 Å². The minimum atomic E-state index is 0.763. The van der Waals surface area contributed by atoms with Crippen molar-refractivity contribution in [3.05, 3.63) is 48.0 Å². The number of aromatic amines is 1. The lowest BCUT2D eigenvalue weighted by Gasteiger charge is -2.04. The summed E-state index contributed by atoms with van der Waals surface area (Å²) in [5.74, 6) is 0. The highest BCUT2D eigenvalue weighted by molar-refractivity contribution is 5.42. The van der Waals surface area contributed by atoms with Crippen molar-refractivity contribution in [2.45, 2.75) is 13.5 Å². The van der Waals surface area contributed by atoms with E-state index in [1.165, 1.54) is 0 Å².